The quantitative estimate of drug-likeness (QED) is 0.827. The molecule has 2 atom stereocenters. The summed E-state index contributed by atoms with van der Waals surface area (Å²) in [5.74, 6) is 0. The van der Waals surface area contributed by atoms with E-state index in [9.17, 15) is 5.11 Å². The molecule has 0 saturated carbocycles. The number of aliphatic hydroxyl groups is 1. The number of β-amino-alcohol motifs (C(OH)–C–C–N with tert-alkyl or cyclic N) is 1. The topological polar surface area (TPSA) is 44.5 Å². The molecule has 1 fully saturated rings. The van der Waals surface area contributed by atoms with Crippen molar-refractivity contribution in [2.24, 2.45) is 0 Å². The number of likely N-dealkylation sites (N-methyl/N-ethyl adjacent to an activating group) is 1. The van der Waals surface area contributed by atoms with Crippen molar-refractivity contribution >= 4 is 0 Å². The fourth-order valence-corrected chi connectivity index (χ4v) is 2.89. The first-order valence-corrected chi connectivity index (χ1v) is 7.16. The molecule has 19 heavy (non-hydrogen) atoms. The first-order valence-electron chi connectivity index (χ1n) is 7.16. The fourth-order valence-electron chi connectivity index (χ4n) is 2.89. The molecule has 5 nitrogen and oxygen atoms in total. The van der Waals surface area contributed by atoms with E-state index in [-0.39, 0.29) is 6.10 Å². The first kappa shape index (κ1) is 14.5. The molecule has 1 aromatic heterocycles. The zero-order chi connectivity index (χ0) is 13.8. The molecule has 5 heteroatoms. The Morgan fingerprint density at radius 1 is 1.47 bits per heavy atom. The summed E-state index contributed by atoms with van der Waals surface area (Å²) in [4.78, 5) is 8.83. The summed E-state index contributed by atoms with van der Waals surface area (Å²) in [7, 11) is 4.18. The molecule has 2 rings (SSSR count). The molecule has 1 aliphatic rings. The van der Waals surface area contributed by atoms with Gasteiger partial charge in [-0.1, -0.05) is 6.92 Å². The maximum atomic E-state index is 9.90. The molecule has 1 aromatic rings. The molecule has 0 amide bonds. The van der Waals surface area contributed by atoms with Gasteiger partial charge in [-0.2, -0.15) is 0 Å². The molecular formula is C14H26N4O. The largest absolute Gasteiger partial charge is 0.392 e. The van der Waals surface area contributed by atoms with E-state index in [1.165, 1.54) is 5.69 Å². The number of aryl methyl sites for hydroxylation is 1. The van der Waals surface area contributed by atoms with E-state index < -0.39 is 0 Å². The Bertz CT molecular complexity index is 391. The van der Waals surface area contributed by atoms with Gasteiger partial charge in [-0.25, -0.2) is 4.98 Å². The SMILES string of the molecule is CCCn1cncc1CN1CC(O)CC1CN(C)C. The Kier molecular flexibility index (Phi) is 4.96. The molecule has 0 radical (unpaired) electrons. The molecule has 2 unspecified atom stereocenters. The molecule has 1 N–H and O–H groups in total. The number of aromatic nitrogens is 2. The number of likely N-dealkylation sites (tertiary alicyclic amines) is 1. The van der Waals surface area contributed by atoms with Gasteiger partial charge in [0.15, 0.2) is 0 Å². The Balaban J connectivity index is 2.01. The van der Waals surface area contributed by atoms with Crippen molar-refractivity contribution < 1.29 is 5.11 Å². The van der Waals surface area contributed by atoms with Gasteiger partial charge in [0, 0.05) is 38.4 Å². The van der Waals surface area contributed by atoms with E-state index in [2.05, 4.69) is 40.4 Å². The zero-order valence-corrected chi connectivity index (χ0v) is 12.3. The highest BCUT2D eigenvalue weighted by atomic mass is 16.3. The summed E-state index contributed by atoms with van der Waals surface area (Å²) in [6.45, 7) is 5.85. The van der Waals surface area contributed by atoms with E-state index in [4.69, 9.17) is 0 Å². The van der Waals surface area contributed by atoms with Crippen molar-refractivity contribution in [3.05, 3.63) is 18.2 Å². The van der Waals surface area contributed by atoms with Gasteiger partial charge in [0.2, 0.25) is 0 Å². The maximum absolute atomic E-state index is 9.90. The zero-order valence-electron chi connectivity index (χ0n) is 12.3. The van der Waals surface area contributed by atoms with Crippen LogP contribution in [0.3, 0.4) is 0 Å². The molecule has 0 spiro atoms. The van der Waals surface area contributed by atoms with Gasteiger partial charge in [0.05, 0.1) is 18.1 Å². The normalized spacial score (nSPS) is 24.5. The van der Waals surface area contributed by atoms with Crippen LogP contribution in [0.25, 0.3) is 0 Å². The second kappa shape index (κ2) is 6.50. The molecule has 2 heterocycles. The van der Waals surface area contributed by atoms with Gasteiger partial charge in [0.1, 0.15) is 0 Å². The molecule has 1 saturated heterocycles. The number of rotatable bonds is 6. The van der Waals surface area contributed by atoms with Crippen LogP contribution in [0, 0.1) is 0 Å². The van der Waals surface area contributed by atoms with Gasteiger partial charge in [-0.05, 0) is 26.9 Å². The van der Waals surface area contributed by atoms with Crippen LogP contribution in [0.4, 0.5) is 0 Å². The standard InChI is InChI=1S/C14H26N4O/c1-4-5-17-11-15-7-13(17)9-18-10-14(19)6-12(18)8-16(2)3/h7,11-12,14,19H,4-6,8-10H2,1-3H3. The molecule has 108 valence electrons. The Hall–Kier alpha value is -0.910. The van der Waals surface area contributed by atoms with Gasteiger partial charge >= 0.3 is 0 Å². The minimum atomic E-state index is -0.188. The molecule has 1 aliphatic heterocycles. The van der Waals surface area contributed by atoms with Gasteiger partial charge in [-0.15, -0.1) is 0 Å². The van der Waals surface area contributed by atoms with E-state index >= 15 is 0 Å². The lowest BCUT2D eigenvalue weighted by Crippen LogP contribution is -2.37. The van der Waals surface area contributed by atoms with Crippen LogP contribution in [0.2, 0.25) is 0 Å². The number of hydrogen-bond donors (Lipinski definition) is 1. The van der Waals surface area contributed by atoms with Crippen molar-refractivity contribution in [1.82, 2.24) is 19.4 Å². The summed E-state index contributed by atoms with van der Waals surface area (Å²) < 4.78 is 2.22. The van der Waals surface area contributed by atoms with E-state index in [1.54, 1.807) is 0 Å². The van der Waals surface area contributed by atoms with Crippen LogP contribution in [-0.2, 0) is 13.1 Å². The number of aliphatic hydroxyl groups excluding tert-OH is 1. The molecule has 0 aliphatic carbocycles. The molecular weight excluding hydrogens is 240 g/mol. The Labute approximate surface area is 115 Å². The monoisotopic (exact) mass is 266 g/mol. The summed E-state index contributed by atoms with van der Waals surface area (Å²) in [5, 5.41) is 9.90. The summed E-state index contributed by atoms with van der Waals surface area (Å²) in [6.07, 6.45) is 5.67. The average molecular weight is 266 g/mol. The summed E-state index contributed by atoms with van der Waals surface area (Å²) in [5.41, 5.74) is 1.25. The van der Waals surface area contributed by atoms with Crippen LogP contribution >= 0.6 is 0 Å². The summed E-state index contributed by atoms with van der Waals surface area (Å²) in [6, 6.07) is 0.440. The highest BCUT2D eigenvalue weighted by Crippen LogP contribution is 2.21. The molecule has 0 bridgehead atoms. The Morgan fingerprint density at radius 3 is 2.95 bits per heavy atom. The van der Waals surface area contributed by atoms with Crippen LogP contribution < -0.4 is 0 Å². The fraction of sp³-hybridized carbons (Fsp3) is 0.786. The second-order valence-electron chi connectivity index (χ2n) is 5.81. The van der Waals surface area contributed by atoms with E-state index in [1.807, 2.05) is 12.5 Å². The van der Waals surface area contributed by atoms with Gasteiger partial charge < -0.3 is 14.6 Å². The lowest BCUT2D eigenvalue weighted by Gasteiger charge is -2.26. The predicted octanol–water partition coefficient (Wildman–Crippen LogP) is 0.790. The number of hydrogen-bond acceptors (Lipinski definition) is 4. The van der Waals surface area contributed by atoms with Gasteiger partial charge in [-0.3, -0.25) is 4.90 Å². The van der Waals surface area contributed by atoms with Crippen molar-refractivity contribution in [2.75, 3.05) is 27.2 Å². The van der Waals surface area contributed by atoms with Crippen LogP contribution in [0.5, 0.6) is 0 Å². The van der Waals surface area contributed by atoms with E-state index in [0.717, 1.165) is 39.0 Å². The smallest absolute Gasteiger partial charge is 0.0948 e. The third kappa shape index (κ3) is 3.78. The minimum absolute atomic E-state index is 0.188. The lowest BCUT2D eigenvalue weighted by atomic mass is 10.2. The van der Waals surface area contributed by atoms with Crippen molar-refractivity contribution in [3.8, 4) is 0 Å². The maximum Gasteiger partial charge on any atom is 0.0948 e. The number of nitrogens with zero attached hydrogens (tertiary/aromatic N) is 4. The highest BCUT2D eigenvalue weighted by Gasteiger charge is 2.31. The lowest BCUT2D eigenvalue weighted by molar-refractivity contribution is 0.167. The van der Waals surface area contributed by atoms with Crippen LogP contribution in [0.1, 0.15) is 25.5 Å². The minimum Gasteiger partial charge on any atom is -0.392 e. The number of imidazole rings is 1. The third-order valence-electron chi connectivity index (χ3n) is 3.71. The van der Waals surface area contributed by atoms with Crippen molar-refractivity contribution in [1.29, 1.82) is 0 Å². The van der Waals surface area contributed by atoms with Gasteiger partial charge in [0.25, 0.3) is 0 Å². The summed E-state index contributed by atoms with van der Waals surface area (Å²) >= 11 is 0. The van der Waals surface area contributed by atoms with Crippen molar-refractivity contribution in [2.45, 2.75) is 45.0 Å². The third-order valence-corrected chi connectivity index (χ3v) is 3.71. The van der Waals surface area contributed by atoms with Crippen LogP contribution in [0.15, 0.2) is 12.5 Å². The van der Waals surface area contributed by atoms with E-state index in [0.29, 0.717) is 6.04 Å². The van der Waals surface area contributed by atoms with Crippen LogP contribution in [-0.4, -0.2) is 63.8 Å². The second-order valence-corrected chi connectivity index (χ2v) is 5.81. The first-order chi connectivity index (χ1) is 9.10. The highest BCUT2D eigenvalue weighted by molar-refractivity contribution is 5.01. The molecule has 0 aromatic carbocycles. The average Bonchev–Trinajstić information content (AvgIpc) is 2.88. The van der Waals surface area contributed by atoms with Crippen molar-refractivity contribution in [3.63, 3.8) is 0 Å². The predicted molar refractivity (Wildman–Crippen MR) is 75.9 cm³/mol. The Morgan fingerprint density at radius 2 is 2.26 bits per heavy atom.